The fourth-order valence-electron chi connectivity index (χ4n) is 1.95. The van der Waals surface area contributed by atoms with Gasteiger partial charge in [0.1, 0.15) is 5.69 Å². The van der Waals surface area contributed by atoms with Crippen molar-refractivity contribution in [3.8, 4) is 0 Å². The highest BCUT2D eigenvalue weighted by atomic mass is 79.9. The lowest BCUT2D eigenvalue weighted by atomic mass is 10.0. The van der Waals surface area contributed by atoms with Crippen LogP contribution in [-0.2, 0) is 0 Å². The van der Waals surface area contributed by atoms with Crippen molar-refractivity contribution < 1.29 is 4.79 Å². The van der Waals surface area contributed by atoms with E-state index in [0.717, 1.165) is 33.8 Å². The summed E-state index contributed by atoms with van der Waals surface area (Å²) in [5.74, 6) is 0.0614. The van der Waals surface area contributed by atoms with E-state index in [1.54, 1.807) is 6.20 Å². The fourth-order valence-corrected chi connectivity index (χ4v) is 3.12. The molecule has 1 aromatic heterocycles. The molecule has 0 N–H and O–H groups in total. The highest BCUT2D eigenvalue weighted by Gasteiger charge is 2.17. The summed E-state index contributed by atoms with van der Waals surface area (Å²) in [5, 5.41) is 0. The van der Waals surface area contributed by atoms with Gasteiger partial charge in [-0.25, -0.2) is 0 Å². The minimum atomic E-state index is 0.0614. The minimum Gasteiger partial charge on any atom is -0.287 e. The quantitative estimate of drug-likeness (QED) is 0.718. The second-order valence-electron chi connectivity index (χ2n) is 4.14. The summed E-state index contributed by atoms with van der Waals surface area (Å²) in [4.78, 5) is 16.5. The van der Waals surface area contributed by atoms with Gasteiger partial charge < -0.3 is 0 Å². The third kappa shape index (κ3) is 3.26. The van der Waals surface area contributed by atoms with Gasteiger partial charge in [0.25, 0.3) is 0 Å². The summed E-state index contributed by atoms with van der Waals surface area (Å²) >= 11 is 6.73. The number of halogens is 2. The number of carbonyl (C=O) groups excluding carboxylic acids is 1. The van der Waals surface area contributed by atoms with Gasteiger partial charge in [-0.2, -0.15) is 0 Å². The van der Waals surface area contributed by atoms with Crippen LogP contribution >= 0.6 is 31.9 Å². The molecule has 0 bridgehead atoms. The van der Waals surface area contributed by atoms with Gasteiger partial charge >= 0.3 is 0 Å². The van der Waals surface area contributed by atoms with Gasteiger partial charge in [-0.05, 0) is 69.2 Å². The molecule has 1 heterocycles. The summed E-state index contributed by atoms with van der Waals surface area (Å²) in [5.41, 5.74) is 1.43. The van der Waals surface area contributed by atoms with E-state index in [2.05, 4.69) is 42.9 Å². The molecule has 0 amide bonds. The SMILES string of the molecule is O=C(C1=CCCCCC1)c1ncc(Br)cc1Br. The van der Waals surface area contributed by atoms with Gasteiger partial charge in [0, 0.05) is 15.1 Å². The van der Waals surface area contributed by atoms with E-state index in [0.29, 0.717) is 5.69 Å². The molecular weight excluding hydrogens is 346 g/mol. The molecule has 90 valence electrons. The molecule has 0 aromatic carbocycles. The average Bonchev–Trinajstić information content (AvgIpc) is 2.56. The standard InChI is InChI=1S/C13H13Br2NO/c14-10-7-11(15)12(16-8-10)13(17)9-5-3-1-2-4-6-9/h5,7-8H,1-4,6H2. The first kappa shape index (κ1) is 13.0. The minimum absolute atomic E-state index is 0.0614. The lowest BCUT2D eigenvalue weighted by Crippen LogP contribution is -2.06. The Balaban J connectivity index is 2.27. The molecule has 1 aromatic rings. The van der Waals surface area contributed by atoms with Gasteiger partial charge in [0.05, 0.1) is 0 Å². The molecule has 4 heteroatoms. The normalized spacial score (nSPS) is 16.2. The average molecular weight is 359 g/mol. The fraction of sp³-hybridized carbons (Fsp3) is 0.385. The predicted octanol–water partition coefficient (Wildman–Crippen LogP) is 4.68. The number of allylic oxidation sites excluding steroid dienone is 2. The number of pyridine rings is 1. The van der Waals surface area contributed by atoms with E-state index in [1.807, 2.05) is 6.07 Å². The smallest absolute Gasteiger partial charge is 0.208 e. The van der Waals surface area contributed by atoms with E-state index >= 15 is 0 Å². The lowest BCUT2D eigenvalue weighted by Gasteiger charge is -2.06. The zero-order valence-corrected chi connectivity index (χ0v) is 12.6. The highest BCUT2D eigenvalue weighted by Crippen LogP contribution is 2.25. The molecule has 0 radical (unpaired) electrons. The maximum Gasteiger partial charge on any atom is 0.208 e. The summed E-state index contributed by atoms with van der Waals surface area (Å²) in [6.07, 6.45) is 9.12. The Morgan fingerprint density at radius 2 is 2.06 bits per heavy atom. The van der Waals surface area contributed by atoms with Crippen molar-refractivity contribution >= 4 is 37.6 Å². The van der Waals surface area contributed by atoms with Crippen LogP contribution in [0.3, 0.4) is 0 Å². The largest absolute Gasteiger partial charge is 0.287 e. The zero-order chi connectivity index (χ0) is 12.3. The number of rotatable bonds is 2. The van der Waals surface area contributed by atoms with Crippen LogP contribution in [-0.4, -0.2) is 10.8 Å². The number of hydrogen-bond donors (Lipinski definition) is 0. The van der Waals surface area contributed by atoms with Crippen LogP contribution in [0, 0.1) is 0 Å². The number of carbonyl (C=O) groups is 1. The van der Waals surface area contributed by atoms with E-state index in [1.165, 1.54) is 12.8 Å². The van der Waals surface area contributed by atoms with Crippen molar-refractivity contribution in [1.82, 2.24) is 4.98 Å². The summed E-state index contributed by atoms with van der Waals surface area (Å²) in [7, 11) is 0. The topological polar surface area (TPSA) is 30.0 Å². The second kappa shape index (κ2) is 5.91. The third-order valence-corrected chi connectivity index (χ3v) is 3.89. The zero-order valence-electron chi connectivity index (χ0n) is 9.38. The van der Waals surface area contributed by atoms with Crippen molar-refractivity contribution in [3.63, 3.8) is 0 Å². The Morgan fingerprint density at radius 3 is 2.82 bits per heavy atom. The van der Waals surface area contributed by atoms with Crippen molar-refractivity contribution in [2.45, 2.75) is 32.1 Å². The van der Waals surface area contributed by atoms with Crippen LogP contribution in [0.2, 0.25) is 0 Å². The number of aromatic nitrogens is 1. The van der Waals surface area contributed by atoms with Crippen LogP contribution in [0.25, 0.3) is 0 Å². The molecule has 1 aliphatic carbocycles. The first-order valence-corrected chi connectivity index (χ1v) is 7.32. The van der Waals surface area contributed by atoms with Crippen molar-refractivity contribution in [2.24, 2.45) is 0 Å². The Hall–Kier alpha value is -0.480. The summed E-state index contributed by atoms with van der Waals surface area (Å²) < 4.78 is 1.62. The van der Waals surface area contributed by atoms with Crippen molar-refractivity contribution in [3.05, 3.63) is 38.6 Å². The van der Waals surface area contributed by atoms with Gasteiger partial charge in [0.15, 0.2) is 0 Å². The molecule has 0 saturated carbocycles. The van der Waals surface area contributed by atoms with Crippen molar-refractivity contribution in [2.75, 3.05) is 0 Å². The molecule has 17 heavy (non-hydrogen) atoms. The Labute approximate surface area is 118 Å². The van der Waals surface area contributed by atoms with Crippen LogP contribution < -0.4 is 0 Å². The third-order valence-electron chi connectivity index (χ3n) is 2.86. The first-order valence-electron chi connectivity index (χ1n) is 5.73. The molecule has 0 fully saturated rings. The van der Waals surface area contributed by atoms with Gasteiger partial charge in [0.2, 0.25) is 5.78 Å². The summed E-state index contributed by atoms with van der Waals surface area (Å²) in [6, 6.07) is 1.86. The van der Waals surface area contributed by atoms with Crippen molar-refractivity contribution in [1.29, 1.82) is 0 Å². The lowest BCUT2D eigenvalue weighted by molar-refractivity contribution is 0.102. The Kier molecular flexibility index (Phi) is 4.51. The Bertz CT molecular complexity index is 468. The first-order chi connectivity index (χ1) is 8.18. The molecule has 0 atom stereocenters. The molecule has 1 aliphatic rings. The molecule has 0 aliphatic heterocycles. The molecule has 2 nitrogen and oxygen atoms in total. The number of nitrogens with zero attached hydrogens (tertiary/aromatic N) is 1. The number of Topliss-reactive ketones (excluding diaryl/α,β-unsaturated/α-hetero) is 1. The monoisotopic (exact) mass is 357 g/mol. The Morgan fingerprint density at radius 1 is 1.24 bits per heavy atom. The highest BCUT2D eigenvalue weighted by molar-refractivity contribution is 9.11. The van der Waals surface area contributed by atoms with Gasteiger partial charge in [-0.3, -0.25) is 9.78 Å². The van der Waals surface area contributed by atoms with E-state index < -0.39 is 0 Å². The maximum absolute atomic E-state index is 12.3. The molecule has 2 rings (SSSR count). The maximum atomic E-state index is 12.3. The molecule has 0 unspecified atom stereocenters. The number of ketones is 1. The van der Waals surface area contributed by atoms with Crippen LogP contribution in [0.1, 0.15) is 42.6 Å². The predicted molar refractivity (Wildman–Crippen MR) is 75.1 cm³/mol. The van der Waals surface area contributed by atoms with Crippen LogP contribution in [0.5, 0.6) is 0 Å². The van der Waals surface area contributed by atoms with E-state index in [-0.39, 0.29) is 5.78 Å². The molecule has 0 saturated heterocycles. The van der Waals surface area contributed by atoms with Gasteiger partial charge in [-0.1, -0.05) is 12.5 Å². The number of hydrogen-bond acceptors (Lipinski definition) is 2. The molecular formula is C13H13Br2NO. The second-order valence-corrected chi connectivity index (χ2v) is 5.91. The van der Waals surface area contributed by atoms with E-state index in [9.17, 15) is 4.79 Å². The van der Waals surface area contributed by atoms with Crippen LogP contribution in [0.4, 0.5) is 0 Å². The molecule has 0 spiro atoms. The van der Waals surface area contributed by atoms with Gasteiger partial charge in [-0.15, -0.1) is 0 Å². The van der Waals surface area contributed by atoms with E-state index in [4.69, 9.17) is 0 Å². The summed E-state index contributed by atoms with van der Waals surface area (Å²) in [6.45, 7) is 0. The van der Waals surface area contributed by atoms with Crippen LogP contribution in [0.15, 0.2) is 32.9 Å².